The maximum absolute atomic E-state index is 15.2. The molecular formula is C22H27FO4. The Labute approximate surface area is 158 Å². The molecule has 0 aromatic heterocycles. The fraction of sp³-hybridized carbons (Fsp3) is 0.636. The van der Waals surface area contributed by atoms with Crippen molar-refractivity contribution in [1.82, 2.24) is 0 Å². The van der Waals surface area contributed by atoms with Crippen LogP contribution in [0.25, 0.3) is 0 Å². The lowest BCUT2D eigenvalue weighted by atomic mass is 9.51. The van der Waals surface area contributed by atoms with E-state index < -0.39 is 35.0 Å². The highest BCUT2D eigenvalue weighted by Crippen LogP contribution is 2.66. The first-order chi connectivity index (χ1) is 12.6. The first-order valence-corrected chi connectivity index (χ1v) is 9.76. The maximum atomic E-state index is 15.2. The van der Waals surface area contributed by atoms with Crippen LogP contribution in [0.5, 0.6) is 0 Å². The number of ketones is 2. The summed E-state index contributed by atoms with van der Waals surface area (Å²) < 4.78 is 15.2. The van der Waals surface area contributed by atoms with Gasteiger partial charge in [-0.3, -0.25) is 9.59 Å². The molecule has 2 unspecified atom stereocenters. The summed E-state index contributed by atoms with van der Waals surface area (Å²) in [6, 6.07) is 0. The summed E-state index contributed by atoms with van der Waals surface area (Å²) in [7, 11) is 0. The zero-order valence-corrected chi connectivity index (χ0v) is 16.0. The molecule has 4 aliphatic carbocycles. The van der Waals surface area contributed by atoms with Crippen LogP contribution in [0.4, 0.5) is 4.39 Å². The van der Waals surface area contributed by atoms with Crippen LogP contribution in [-0.4, -0.2) is 40.2 Å². The minimum absolute atomic E-state index is 0.0457. The summed E-state index contributed by atoms with van der Waals surface area (Å²) in [6.45, 7) is 5.02. The Morgan fingerprint density at radius 3 is 2.67 bits per heavy atom. The number of carbonyl (C=O) groups is 2. The van der Waals surface area contributed by atoms with E-state index in [-0.39, 0.29) is 30.0 Å². The number of hydrogen-bond acceptors (Lipinski definition) is 4. The number of allylic oxidation sites excluding steroid dienone is 6. The van der Waals surface area contributed by atoms with Gasteiger partial charge in [0.2, 0.25) is 0 Å². The predicted octanol–water partition coefficient (Wildman–Crippen LogP) is 2.70. The number of rotatable bonds is 2. The third-order valence-electron chi connectivity index (χ3n) is 8.09. The van der Waals surface area contributed by atoms with Gasteiger partial charge in [0.25, 0.3) is 0 Å². The van der Waals surface area contributed by atoms with E-state index in [0.717, 1.165) is 5.57 Å². The van der Waals surface area contributed by atoms with Crippen molar-refractivity contribution in [1.29, 1.82) is 0 Å². The van der Waals surface area contributed by atoms with Gasteiger partial charge in [-0.15, -0.1) is 0 Å². The zero-order valence-electron chi connectivity index (χ0n) is 16.0. The maximum Gasteiger partial charge on any atom is 0.190 e. The molecule has 146 valence electrons. The first kappa shape index (κ1) is 18.8. The molecule has 27 heavy (non-hydrogen) atoms. The third kappa shape index (κ3) is 2.16. The first-order valence-electron chi connectivity index (χ1n) is 9.76. The Bertz CT molecular complexity index is 811. The number of Topliss-reactive ketones (excluding diaryl/α,β-unsaturated/α-hetero) is 1. The molecule has 7 atom stereocenters. The smallest absolute Gasteiger partial charge is 0.190 e. The van der Waals surface area contributed by atoms with Crippen LogP contribution >= 0.6 is 0 Å². The van der Waals surface area contributed by atoms with E-state index in [1.165, 1.54) is 12.2 Å². The Morgan fingerprint density at radius 2 is 2.00 bits per heavy atom. The van der Waals surface area contributed by atoms with E-state index in [0.29, 0.717) is 18.4 Å². The normalized spacial score (nSPS) is 48.3. The summed E-state index contributed by atoms with van der Waals surface area (Å²) in [6.07, 6.45) is 6.96. The quantitative estimate of drug-likeness (QED) is 0.729. The highest BCUT2D eigenvalue weighted by atomic mass is 19.1. The number of alkyl halides is 1. The van der Waals surface area contributed by atoms with Crippen molar-refractivity contribution in [3.63, 3.8) is 0 Å². The molecule has 0 aliphatic heterocycles. The number of aliphatic hydroxyl groups excluding tert-OH is 1. The highest BCUT2D eigenvalue weighted by Gasteiger charge is 2.67. The second-order valence-corrected chi connectivity index (χ2v) is 9.22. The molecule has 5 heteroatoms. The second-order valence-electron chi connectivity index (χ2n) is 9.22. The van der Waals surface area contributed by atoms with Crippen molar-refractivity contribution in [2.45, 2.75) is 51.8 Å². The molecule has 0 aromatic carbocycles. The van der Waals surface area contributed by atoms with Crippen molar-refractivity contribution < 1.29 is 24.2 Å². The van der Waals surface area contributed by atoms with Gasteiger partial charge in [0.1, 0.15) is 18.4 Å². The zero-order chi connectivity index (χ0) is 19.8. The average Bonchev–Trinajstić information content (AvgIpc) is 2.84. The molecular weight excluding hydrogens is 347 g/mol. The molecule has 0 spiro atoms. The monoisotopic (exact) mass is 374 g/mol. The molecule has 0 aromatic rings. The van der Waals surface area contributed by atoms with E-state index in [1.54, 1.807) is 6.08 Å². The number of carbonyl (C=O) groups excluding carboxylic acids is 2. The van der Waals surface area contributed by atoms with Gasteiger partial charge < -0.3 is 10.2 Å². The molecule has 2 fully saturated rings. The Morgan fingerprint density at radius 1 is 1.30 bits per heavy atom. The Balaban J connectivity index is 1.82. The SMILES string of the molecule is CC1C[C@H]2[C@@H]3CC(F)C4=CC(=O)C=C[C@]4(C)C3=CC[C@]2(C)[C@@]1(O)C(=O)CO. The lowest BCUT2D eigenvalue weighted by Crippen LogP contribution is -2.57. The van der Waals surface area contributed by atoms with Crippen LogP contribution in [0.15, 0.2) is 35.5 Å². The lowest BCUT2D eigenvalue weighted by molar-refractivity contribution is -0.161. The largest absolute Gasteiger partial charge is 0.388 e. The molecule has 0 radical (unpaired) electrons. The highest BCUT2D eigenvalue weighted by molar-refractivity contribution is 6.01. The van der Waals surface area contributed by atoms with Gasteiger partial charge in [-0.25, -0.2) is 4.39 Å². The molecule has 0 heterocycles. The number of hydrogen-bond donors (Lipinski definition) is 2. The van der Waals surface area contributed by atoms with Crippen molar-refractivity contribution in [3.8, 4) is 0 Å². The van der Waals surface area contributed by atoms with E-state index >= 15 is 4.39 Å². The van der Waals surface area contributed by atoms with Crippen LogP contribution in [0.3, 0.4) is 0 Å². The van der Waals surface area contributed by atoms with E-state index in [4.69, 9.17) is 0 Å². The summed E-state index contributed by atoms with van der Waals surface area (Å²) in [4.78, 5) is 24.3. The van der Waals surface area contributed by atoms with E-state index in [2.05, 4.69) is 6.08 Å². The van der Waals surface area contributed by atoms with E-state index in [9.17, 15) is 19.8 Å². The summed E-state index contributed by atoms with van der Waals surface area (Å²) in [5.74, 6) is -1.16. The van der Waals surface area contributed by atoms with Crippen LogP contribution in [0.2, 0.25) is 0 Å². The molecule has 2 saturated carbocycles. The lowest BCUT2D eigenvalue weighted by Gasteiger charge is -2.54. The van der Waals surface area contributed by atoms with Crippen LogP contribution in [0, 0.1) is 28.6 Å². The molecule has 4 nitrogen and oxygen atoms in total. The van der Waals surface area contributed by atoms with Gasteiger partial charge in [-0.2, -0.15) is 0 Å². The van der Waals surface area contributed by atoms with E-state index in [1.807, 2.05) is 20.8 Å². The van der Waals surface area contributed by atoms with Gasteiger partial charge in [0.15, 0.2) is 11.6 Å². The number of fused-ring (bicyclic) bond motifs is 5. The predicted molar refractivity (Wildman–Crippen MR) is 98.5 cm³/mol. The summed E-state index contributed by atoms with van der Waals surface area (Å²) in [5.41, 5.74) is -1.33. The van der Waals surface area contributed by atoms with Crippen molar-refractivity contribution in [2.24, 2.45) is 28.6 Å². The minimum atomic E-state index is -1.60. The summed E-state index contributed by atoms with van der Waals surface area (Å²) in [5, 5.41) is 20.8. The molecule has 0 amide bonds. The standard InChI is InChI=1S/C22H27FO4/c1-12-8-16-14-10-18(23)17-9-13(25)4-6-20(17,2)15(14)5-7-21(16,3)22(12,27)19(26)11-24/h4-6,9,12,14,16,18,24,27H,7-8,10-11H2,1-3H3/t12?,14-,16+,18?,20-,21+,22+/m1/s1. The fourth-order valence-electron chi connectivity index (χ4n) is 6.59. The molecule has 0 saturated heterocycles. The van der Waals surface area contributed by atoms with Crippen molar-refractivity contribution in [2.75, 3.05) is 6.61 Å². The minimum Gasteiger partial charge on any atom is -0.388 e. The van der Waals surface area contributed by atoms with Crippen molar-refractivity contribution in [3.05, 3.63) is 35.5 Å². The Kier molecular flexibility index (Phi) is 3.97. The van der Waals surface area contributed by atoms with Crippen LogP contribution < -0.4 is 0 Å². The summed E-state index contributed by atoms with van der Waals surface area (Å²) >= 11 is 0. The molecule has 4 aliphatic rings. The van der Waals surface area contributed by atoms with Gasteiger partial charge in [0, 0.05) is 10.8 Å². The van der Waals surface area contributed by atoms with Gasteiger partial charge in [-0.1, -0.05) is 31.6 Å². The number of halogens is 1. The molecule has 0 bridgehead atoms. The average molecular weight is 374 g/mol. The number of aliphatic hydroxyl groups is 2. The third-order valence-corrected chi connectivity index (χ3v) is 8.09. The Hall–Kier alpha value is -1.59. The van der Waals surface area contributed by atoms with Gasteiger partial charge in [0.05, 0.1) is 0 Å². The molecule has 2 N–H and O–H groups in total. The topological polar surface area (TPSA) is 74.6 Å². The van der Waals surface area contributed by atoms with Crippen LogP contribution in [-0.2, 0) is 9.59 Å². The van der Waals surface area contributed by atoms with Gasteiger partial charge >= 0.3 is 0 Å². The fourth-order valence-corrected chi connectivity index (χ4v) is 6.59. The molecule has 4 rings (SSSR count). The van der Waals surface area contributed by atoms with Gasteiger partial charge in [-0.05, 0) is 61.7 Å². The van der Waals surface area contributed by atoms with Crippen molar-refractivity contribution >= 4 is 11.6 Å². The van der Waals surface area contributed by atoms with Crippen LogP contribution in [0.1, 0.15) is 40.0 Å². The second kappa shape index (κ2) is 5.71.